The monoisotopic (exact) mass is 509 g/mol. The summed E-state index contributed by atoms with van der Waals surface area (Å²) in [4.78, 5) is 39.3. The van der Waals surface area contributed by atoms with Gasteiger partial charge in [-0.25, -0.2) is 15.3 Å². The van der Waals surface area contributed by atoms with E-state index in [2.05, 4.69) is 31.7 Å². The largest absolute Gasteiger partial charge is 0.478 e. The lowest BCUT2D eigenvalue weighted by Gasteiger charge is -2.29. The highest BCUT2D eigenvalue weighted by Gasteiger charge is 2.52. The minimum atomic E-state index is -1.05. The van der Waals surface area contributed by atoms with Crippen molar-refractivity contribution in [3.8, 4) is 0 Å². The molecule has 0 bridgehead atoms. The summed E-state index contributed by atoms with van der Waals surface area (Å²) in [5.74, 6) is -1.48. The predicted octanol–water partition coefficient (Wildman–Crippen LogP) is 1.65. The second-order valence-corrected chi connectivity index (χ2v) is 9.26. The number of nitrogens with zero attached hydrogens (tertiary/aromatic N) is 3. The Bertz CT molecular complexity index is 1250. The Morgan fingerprint density at radius 1 is 1.19 bits per heavy atom. The van der Waals surface area contributed by atoms with Gasteiger partial charge in [-0.05, 0) is 60.9 Å². The summed E-state index contributed by atoms with van der Waals surface area (Å²) in [6.07, 6.45) is 5.05. The van der Waals surface area contributed by atoms with E-state index in [1.165, 1.54) is 30.3 Å². The van der Waals surface area contributed by atoms with Crippen LogP contribution in [0.2, 0.25) is 5.02 Å². The fourth-order valence-electron chi connectivity index (χ4n) is 4.41. The number of hydrazone groups is 1. The van der Waals surface area contributed by atoms with Gasteiger partial charge in [0.1, 0.15) is 12.4 Å². The number of halogens is 1. The van der Waals surface area contributed by atoms with Gasteiger partial charge >= 0.3 is 5.97 Å². The van der Waals surface area contributed by atoms with Crippen molar-refractivity contribution >= 4 is 53.2 Å². The van der Waals surface area contributed by atoms with Crippen molar-refractivity contribution in [2.45, 2.75) is 18.5 Å². The van der Waals surface area contributed by atoms with Crippen LogP contribution in [-0.4, -0.2) is 59.3 Å². The molecule has 186 valence electrons. The highest BCUT2D eigenvalue weighted by atomic mass is 35.5. The molecule has 11 nitrogen and oxygen atoms in total. The molecule has 5 rings (SSSR count). The topological polar surface area (TPSA) is 138 Å². The molecule has 4 atom stereocenters. The molecule has 0 radical (unpaired) electrons. The van der Waals surface area contributed by atoms with Crippen molar-refractivity contribution in [1.82, 2.24) is 21.3 Å². The summed E-state index contributed by atoms with van der Waals surface area (Å²) in [5.41, 5.74) is 7.43. The number of carbonyl (C=O) groups is 3. The first-order chi connectivity index (χ1) is 17.4. The maximum absolute atomic E-state index is 13.1. The Balaban J connectivity index is 1.27. The number of rotatable bonds is 9. The highest BCUT2D eigenvalue weighted by Crippen LogP contribution is 2.40. The minimum absolute atomic E-state index is 0.123. The zero-order valence-electron chi connectivity index (χ0n) is 19.0. The van der Waals surface area contributed by atoms with Crippen LogP contribution >= 0.6 is 11.6 Å². The van der Waals surface area contributed by atoms with E-state index < -0.39 is 17.9 Å². The summed E-state index contributed by atoms with van der Waals surface area (Å²) in [6.45, 7) is 1.95. The maximum atomic E-state index is 13.1. The minimum Gasteiger partial charge on any atom is -0.478 e. The smallest absolute Gasteiger partial charge is 0.335 e. The van der Waals surface area contributed by atoms with Crippen molar-refractivity contribution in [2.24, 2.45) is 11.0 Å². The van der Waals surface area contributed by atoms with Crippen LogP contribution in [0.4, 0.5) is 11.4 Å². The molecule has 2 fully saturated rings. The second-order valence-electron chi connectivity index (χ2n) is 8.82. The molecule has 3 unspecified atom stereocenters. The molecule has 3 aliphatic heterocycles. The molecule has 5 N–H and O–H groups in total. The Morgan fingerprint density at radius 3 is 2.64 bits per heavy atom. The number of fused-ring (bicyclic) bond motifs is 1. The highest BCUT2D eigenvalue weighted by molar-refractivity contribution is 6.30. The van der Waals surface area contributed by atoms with E-state index in [4.69, 9.17) is 16.7 Å². The second kappa shape index (κ2) is 9.97. The molecule has 2 amide bonds. The van der Waals surface area contributed by atoms with Crippen LogP contribution in [0.15, 0.2) is 53.6 Å². The molecular formula is C24H24ClN7O4. The third-order valence-corrected chi connectivity index (χ3v) is 6.65. The average molecular weight is 510 g/mol. The van der Waals surface area contributed by atoms with Gasteiger partial charge in [-0.3, -0.25) is 14.5 Å². The van der Waals surface area contributed by atoms with Gasteiger partial charge in [0.25, 0.3) is 0 Å². The van der Waals surface area contributed by atoms with Crippen LogP contribution < -0.4 is 26.7 Å². The molecule has 2 aromatic rings. The Kier molecular flexibility index (Phi) is 6.59. The number of amides is 2. The molecule has 2 saturated heterocycles. The number of hydrazine groups is 2. The van der Waals surface area contributed by atoms with E-state index in [0.29, 0.717) is 34.7 Å². The van der Waals surface area contributed by atoms with E-state index in [9.17, 15) is 14.4 Å². The maximum Gasteiger partial charge on any atom is 0.335 e. The Labute approximate surface area is 211 Å². The van der Waals surface area contributed by atoms with Crippen molar-refractivity contribution < 1.29 is 19.5 Å². The quantitative estimate of drug-likeness (QED) is 0.254. The van der Waals surface area contributed by atoms with Gasteiger partial charge in [0, 0.05) is 41.5 Å². The van der Waals surface area contributed by atoms with Crippen LogP contribution in [0.3, 0.4) is 0 Å². The first kappa shape index (κ1) is 23.8. The van der Waals surface area contributed by atoms with Crippen molar-refractivity contribution in [1.29, 1.82) is 0 Å². The van der Waals surface area contributed by atoms with Crippen molar-refractivity contribution in [3.63, 3.8) is 0 Å². The van der Waals surface area contributed by atoms with Gasteiger partial charge in [-0.1, -0.05) is 11.6 Å². The zero-order valence-corrected chi connectivity index (χ0v) is 19.8. The molecule has 0 aliphatic carbocycles. The molecule has 12 heteroatoms. The fraction of sp³-hybridized carbons (Fsp3) is 0.250. The van der Waals surface area contributed by atoms with E-state index in [0.717, 1.165) is 18.8 Å². The van der Waals surface area contributed by atoms with Crippen LogP contribution in [0, 0.1) is 5.92 Å². The average Bonchev–Trinajstić information content (AvgIpc) is 3.23. The number of carboxylic acids is 1. The third kappa shape index (κ3) is 5.33. The zero-order chi connectivity index (χ0) is 25.2. The molecular weight excluding hydrogens is 486 g/mol. The summed E-state index contributed by atoms with van der Waals surface area (Å²) in [7, 11) is 0. The molecule has 0 spiro atoms. The lowest BCUT2D eigenvalue weighted by atomic mass is 9.92. The predicted molar refractivity (Wildman–Crippen MR) is 135 cm³/mol. The number of anilines is 2. The SMILES string of the molecule is O=C(/C=C/c1cc(Cl)ccc1N1C=NNN1)N[C@@H](CC1CN2CC12)C(=O)Nc1ccc(C(=O)O)cc1. The summed E-state index contributed by atoms with van der Waals surface area (Å²) in [6, 6.07) is 10.9. The number of hydrogen-bond acceptors (Lipinski definition) is 8. The van der Waals surface area contributed by atoms with Gasteiger partial charge < -0.3 is 15.7 Å². The van der Waals surface area contributed by atoms with Gasteiger partial charge in [0.05, 0.1) is 11.3 Å². The lowest BCUT2D eigenvalue weighted by Crippen LogP contribution is -2.47. The lowest BCUT2D eigenvalue weighted by molar-refractivity contribution is -0.124. The van der Waals surface area contributed by atoms with Crippen LogP contribution in [0.5, 0.6) is 0 Å². The summed E-state index contributed by atoms with van der Waals surface area (Å²) in [5, 5.41) is 20.7. The Hall–Kier alpha value is -3.93. The number of carbonyl (C=O) groups excluding carboxylic acids is 2. The third-order valence-electron chi connectivity index (χ3n) is 6.41. The number of carboxylic acid groups (broad SMARTS) is 1. The van der Waals surface area contributed by atoms with E-state index >= 15 is 0 Å². The number of benzene rings is 2. The Morgan fingerprint density at radius 2 is 2.00 bits per heavy atom. The van der Waals surface area contributed by atoms with Gasteiger partial charge in [0.2, 0.25) is 11.8 Å². The first-order valence-electron chi connectivity index (χ1n) is 11.4. The standard InChI is InChI=1S/C24H24ClN7O4/c25-17-4-7-20(32-13-26-29-30-32)15(9-17)3-8-22(33)28-19(10-16-11-31-12-21(16)31)23(34)27-18-5-1-14(2-6-18)24(35)36/h1-9,13,16,19,21,29-30H,10-12H2,(H,27,34)(H,28,33)(H,35,36)/b8-3+/t16?,19-,21?,31?/m0/s1. The molecule has 3 heterocycles. The van der Waals surface area contributed by atoms with E-state index in [1.54, 1.807) is 35.6 Å². The van der Waals surface area contributed by atoms with Crippen LogP contribution in [-0.2, 0) is 9.59 Å². The number of nitrogens with one attached hydrogen (secondary N) is 4. The number of hydrogen-bond donors (Lipinski definition) is 5. The summed E-state index contributed by atoms with van der Waals surface area (Å²) < 4.78 is 0. The fourth-order valence-corrected chi connectivity index (χ4v) is 4.59. The number of aromatic carboxylic acids is 1. The van der Waals surface area contributed by atoms with E-state index in [1.807, 2.05) is 0 Å². The molecule has 0 saturated carbocycles. The van der Waals surface area contributed by atoms with Gasteiger partial charge in [-0.15, -0.1) is 5.53 Å². The van der Waals surface area contributed by atoms with Crippen molar-refractivity contribution in [2.75, 3.05) is 23.4 Å². The van der Waals surface area contributed by atoms with Crippen molar-refractivity contribution in [3.05, 3.63) is 64.7 Å². The van der Waals surface area contributed by atoms with E-state index in [-0.39, 0.29) is 11.5 Å². The van der Waals surface area contributed by atoms with Crippen LogP contribution in [0.25, 0.3) is 6.08 Å². The molecule has 36 heavy (non-hydrogen) atoms. The first-order valence-corrected chi connectivity index (χ1v) is 11.7. The molecule has 2 aromatic carbocycles. The van der Waals surface area contributed by atoms with Gasteiger partial charge in [0.15, 0.2) is 0 Å². The molecule has 3 aliphatic rings. The van der Waals surface area contributed by atoms with Gasteiger partial charge in [-0.2, -0.15) is 5.10 Å². The normalized spacial score (nSPS) is 22.4. The van der Waals surface area contributed by atoms with Crippen LogP contribution in [0.1, 0.15) is 22.3 Å². The molecule has 0 aromatic heterocycles. The summed E-state index contributed by atoms with van der Waals surface area (Å²) >= 11 is 6.15.